The second-order valence-electron chi connectivity index (χ2n) is 6.89. The van der Waals surface area contributed by atoms with Gasteiger partial charge in [-0.3, -0.25) is 9.69 Å². The number of likely N-dealkylation sites (tertiary alicyclic amines) is 1. The molecule has 0 radical (unpaired) electrons. The fourth-order valence-electron chi connectivity index (χ4n) is 3.34. The monoisotopic (exact) mass is 394 g/mol. The summed E-state index contributed by atoms with van der Waals surface area (Å²) >= 11 is 5.83. The SMILES string of the molecule is O=C(CN1CCN(C(=O)NCCOc2ccc(Cl)cc2)CC1)N1CCCC1. The van der Waals surface area contributed by atoms with Crippen molar-refractivity contribution in [3.05, 3.63) is 29.3 Å². The molecule has 0 aromatic heterocycles. The van der Waals surface area contributed by atoms with Gasteiger partial charge in [-0.2, -0.15) is 0 Å². The van der Waals surface area contributed by atoms with Gasteiger partial charge in [-0.25, -0.2) is 4.79 Å². The molecule has 2 aliphatic rings. The summed E-state index contributed by atoms with van der Waals surface area (Å²) in [6.07, 6.45) is 2.23. The van der Waals surface area contributed by atoms with E-state index in [1.54, 1.807) is 29.2 Å². The van der Waals surface area contributed by atoms with Crippen molar-refractivity contribution in [1.82, 2.24) is 20.0 Å². The van der Waals surface area contributed by atoms with Gasteiger partial charge in [0.2, 0.25) is 5.91 Å². The first-order chi connectivity index (χ1) is 13.1. The van der Waals surface area contributed by atoms with E-state index in [1.807, 2.05) is 4.90 Å². The molecule has 2 aliphatic heterocycles. The van der Waals surface area contributed by atoms with Gasteiger partial charge in [0, 0.05) is 44.3 Å². The summed E-state index contributed by atoms with van der Waals surface area (Å²) in [6.45, 7) is 5.81. The maximum atomic E-state index is 12.2. The van der Waals surface area contributed by atoms with Crippen LogP contribution in [0.25, 0.3) is 0 Å². The largest absolute Gasteiger partial charge is 0.492 e. The molecule has 3 amide bonds. The number of amides is 3. The predicted octanol–water partition coefficient (Wildman–Crippen LogP) is 1.67. The minimum Gasteiger partial charge on any atom is -0.492 e. The summed E-state index contributed by atoms with van der Waals surface area (Å²) in [7, 11) is 0. The Labute approximate surface area is 165 Å². The van der Waals surface area contributed by atoms with Gasteiger partial charge in [-0.15, -0.1) is 0 Å². The number of carbonyl (C=O) groups is 2. The van der Waals surface area contributed by atoms with Crippen LogP contribution in [-0.4, -0.2) is 85.6 Å². The van der Waals surface area contributed by atoms with Crippen molar-refractivity contribution in [1.29, 1.82) is 0 Å². The summed E-state index contributed by atoms with van der Waals surface area (Å²) < 4.78 is 5.57. The van der Waals surface area contributed by atoms with E-state index in [2.05, 4.69) is 10.2 Å². The van der Waals surface area contributed by atoms with Crippen LogP contribution in [0.3, 0.4) is 0 Å². The molecule has 2 heterocycles. The van der Waals surface area contributed by atoms with Gasteiger partial charge in [-0.1, -0.05) is 11.6 Å². The van der Waals surface area contributed by atoms with Crippen LogP contribution in [0, 0.1) is 0 Å². The van der Waals surface area contributed by atoms with Crippen molar-refractivity contribution in [3.8, 4) is 5.75 Å². The van der Waals surface area contributed by atoms with E-state index < -0.39 is 0 Å². The summed E-state index contributed by atoms with van der Waals surface area (Å²) in [5.41, 5.74) is 0. The molecule has 148 valence electrons. The average Bonchev–Trinajstić information content (AvgIpc) is 3.22. The first-order valence-corrected chi connectivity index (χ1v) is 9.91. The molecular formula is C19H27ClN4O3. The zero-order valence-corrected chi connectivity index (χ0v) is 16.3. The molecule has 7 nitrogen and oxygen atoms in total. The lowest BCUT2D eigenvalue weighted by Gasteiger charge is -2.35. The summed E-state index contributed by atoms with van der Waals surface area (Å²) in [6, 6.07) is 7.05. The molecule has 3 rings (SSSR count). The van der Waals surface area contributed by atoms with Crippen molar-refractivity contribution in [2.75, 3.05) is 59.0 Å². The second kappa shape index (κ2) is 9.80. The smallest absolute Gasteiger partial charge is 0.317 e. The molecule has 1 N–H and O–H groups in total. The van der Waals surface area contributed by atoms with Gasteiger partial charge in [0.05, 0.1) is 13.1 Å². The number of hydrogen-bond acceptors (Lipinski definition) is 4. The maximum absolute atomic E-state index is 12.2. The van der Waals surface area contributed by atoms with E-state index >= 15 is 0 Å². The first-order valence-electron chi connectivity index (χ1n) is 9.53. The number of ether oxygens (including phenoxy) is 1. The fraction of sp³-hybridized carbons (Fsp3) is 0.579. The van der Waals surface area contributed by atoms with Crippen LogP contribution in [0.2, 0.25) is 5.02 Å². The number of rotatable bonds is 6. The summed E-state index contributed by atoms with van der Waals surface area (Å²) in [5, 5.41) is 3.54. The van der Waals surface area contributed by atoms with Crippen LogP contribution in [0.15, 0.2) is 24.3 Å². The van der Waals surface area contributed by atoms with E-state index in [1.165, 1.54) is 0 Å². The number of halogens is 1. The lowest BCUT2D eigenvalue weighted by Crippen LogP contribution is -2.53. The van der Waals surface area contributed by atoms with E-state index in [0.717, 1.165) is 44.8 Å². The molecule has 2 fully saturated rings. The minimum atomic E-state index is -0.0831. The molecule has 0 unspecified atom stereocenters. The quantitative estimate of drug-likeness (QED) is 0.745. The van der Waals surface area contributed by atoms with Crippen molar-refractivity contribution in [2.24, 2.45) is 0 Å². The highest BCUT2D eigenvalue weighted by atomic mass is 35.5. The summed E-state index contributed by atoms with van der Waals surface area (Å²) in [5.74, 6) is 0.940. The molecular weight excluding hydrogens is 368 g/mol. The second-order valence-corrected chi connectivity index (χ2v) is 7.32. The van der Waals surface area contributed by atoms with Crippen LogP contribution in [0.4, 0.5) is 4.79 Å². The topological polar surface area (TPSA) is 65.1 Å². The molecule has 1 aromatic carbocycles. The molecule has 0 atom stereocenters. The molecule has 0 aliphatic carbocycles. The fourth-order valence-corrected chi connectivity index (χ4v) is 3.46. The van der Waals surface area contributed by atoms with Gasteiger partial charge < -0.3 is 19.9 Å². The van der Waals surface area contributed by atoms with Crippen molar-refractivity contribution >= 4 is 23.5 Å². The predicted molar refractivity (Wildman–Crippen MR) is 104 cm³/mol. The number of nitrogens with zero attached hydrogens (tertiary/aromatic N) is 3. The number of benzene rings is 1. The van der Waals surface area contributed by atoms with E-state index in [4.69, 9.17) is 16.3 Å². The molecule has 27 heavy (non-hydrogen) atoms. The molecule has 8 heteroatoms. The van der Waals surface area contributed by atoms with Crippen molar-refractivity contribution in [2.45, 2.75) is 12.8 Å². The number of hydrogen-bond donors (Lipinski definition) is 1. The molecule has 1 aromatic rings. The molecule has 2 saturated heterocycles. The van der Waals surface area contributed by atoms with Crippen LogP contribution in [0.5, 0.6) is 5.75 Å². The number of nitrogens with one attached hydrogen (secondary N) is 1. The number of urea groups is 1. The Morgan fingerprint density at radius 3 is 2.30 bits per heavy atom. The zero-order chi connectivity index (χ0) is 19.1. The highest BCUT2D eigenvalue weighted by Gasteiger charge is 2.25. The highest BCUT2D eigenvalue weighted by Crippen LogP contribution is 2.15. The van der Waals surface area contributed by atoms with E-state index in [9.17, 15) is 9.59 Å². The standard InChI is InChI=1S/C19H27ClN4O3/c20-16-3-5-17(6-4-16)27-14-7-21-19(26)24-12-10-22(11-13-24)15-18(25)23-8-1-2-9-23/h3-6H,1-2,7-15H2,(H,21,26). The molecule has 0 saturated carbocycles. The van der Waals surface area contributed by atoms with Gasteiger partial charge in [-0.05, 0) is 37.1 Å². The third kappa shape index (κ3) is 6.01. The van der Waals surface area contributed by atoms with Crippen LogP contribution < -0.4 is 10.1 Å². The van der Waals surface area contributed by atoms with Gasteiger partial charge in [0.15, 0.2) is 0 Å². The Morgan fingerprint density at radius 2 is 1.63 bits per heavy atom. The Bertz CT molecular complexity index is 626. The van der Waals surface area contributed by atoms with E-state index in [-0.39, 0.29) is 11.9 Å². The zero-order valence-electron chi connectivity index (χ0n) is 15.5. The van der Waals surface area contributed by atoms with Gasteiger partial charge in [0.25, 0.3) is 0 Å². The van der Waals surface area contributed by atoms with Gasteiger partial charge >= 0.3 is 6.03 Å². The third-order valence-corrected chi connectivity index (χ3v) is 5.19. The lowest BCUT2D eigenvalue weighted by atomic mass is 10.3. The molecule has 0 bridgehead atoms. The lowest BCUT2D eigenvalue weighted by molar-refractivity contribution is -0.131. The summed E-state index contributed by atoms with van der Waals surface area (Å²) in [4.78, 5) is 30.3. The first kappa shape index (κ1) is 19.8. The minimum absolute atomic E-state index is 0.0831. The maximum Gasteiger partial charge on any atom is 0.317 e. The van der Waals surface area contributed by atoms with Crippen molar-refractivity contribution in [3.63, 3.8) is 0 Å². The Kier molecular flexibility index (Phi) is 7.18. The number of carbonyl (C=O) groups excluding carboxylic acids is 2. The van der Waals surface area contributed by atoms with E-state index in [0.29, 0.717) is 37.8 Å². The highest BCUT2D eigenvalue weighted by molar-refractivity contribution is 6.30. The van der Waals surface area contributed by atoms with Gasteiger partial charge in [0.1, 0.15) is 12.4 Å². The third-order valence-electron chi connectivity index (χ3n) is 4.94. The molecule has 0 spiro atoms. The van der Waals surface area contributed by atoms with Crippen LogP contribution in [0.1, 0.15) is 12.8 Å². The normalized spacial score (nSPS) is 17.8. The Balaban J connectivity index is 1.30. The van der Waals surface area contributed by atoms with Crippen LogP contribution >= 0.6 is 11.6 Å². The van der Waals surface area contributed by atoms with Crippen LogP contribution in [-0.2, 0) is 4.79 Å². The van der Waals surface area contributed by atoms with Crippen molar-refractivity contribution < 1.29 is 14.3 Å². The Morgan fingerprint density at radius 1 is 0.963 bits per heavy atom. The number of piperazine rings is 1. The Hall–Kier alpha value is -1.99. The average molecular weight is 395 g/mol.